The lowest BCUT2D eigenvalue weighted by Crippen LogP contribution is -3.00. The van der Waals surface area contributed by atoms with Gasteiger partial charge in [0.1, 0.15) is 28.9 Å². The number of benzene rings is 3. The summed E-state index contributed by atoms with van der Waals surface area (Å²) >= 11 is 0. The molecular formula is C33H41BrN3O4P. The van der Waals surface area contributed by atoms with E-state index >= 15 is 0 Å². The van der Waals surface area contributed by atoms with Crippen molar-refractivity contribution in [2.24, 2.45) is 5.92 Å². The average molecular weight is 655 g/mol. The Morgan fingerprint density at radius 1 is 0.857 bits per heavy atom. The number of hydrogen-bond donors (Lipinski definition) is 0. The Bertz CT molecular complexity index is 1280. The predicted octanol–water partition coefficient (Wildman–Crippen LogP) is 2.29. The van der Waals surface area contributed by atoms with E-state index in [-0.39, 0.29) is 22.9 Å². The van der Waals surface area contributed by atoms with Gasteiger partial charge in [0.2, 0.25) is 5.79 Å². The molecule has 2 atom stereocenters. The third kappa shape index (κ3) is 7.36. The van der Waals surface area contributed by atoms with Gasteiger partial charge in [-0.2, -0.15) is 0 Å². The van der Waals surface area contributed by atoms with E-state index in [0.29, 0.717) is 13.2 Å². The van der Waals surface area contributed by atoms with Gasteiger partial charge in [-0.15, -0.1) is 5.10 Å². The zero-order chi connectivity index (χ0) is 28.8. The van der Waals surface area contributed by atoms with Crippen LogP contribution in [0.5, 0.6) is 0 Å². The monoisotopic (exact) mass is 653 g/mol. The molecule has 0 unspecified atom stereocenters. The van der Waals surface area contributed by atoms with Crippen LogP contribution in [0.15, 0.2) is 97.2 Å². The number of methoxy groups -OCH3 is 1. The van der Waals surface area contributed by atoms with Crippen molar-refractivity contribution < 1.29 is 36.2 Å². The fraction of sp³-hybridized carbons (Fsp3) is 0.394. The smallest absolute Gasteiger partial charge is 0.203 e. The van der Waals surface area contributed by atoms with E-state index in [1.165, 1.54) is 15.9 Å². The highest BCUT2D eigenvalue weighted by molar-refractivity contribution is 7.95. The molecule has 0 radical (unpaired) electrons. The normalized spacial score (nSPS) is 20.1. The summed E-state index contributed by atoms with van der Waals surface area (Å²) in [6, 6.07) is 33.0. The summed E-state index contributed by atoms with van der Waals surface area (Å²) in [5.74, 6) is -0.823. The van der Waals surface area contributed by atoms with Gasteiger partial charge in [0.15, 0.2) is 0 Å². The van der Waals surface area contributed by atoms with Gasteiger partial charge in [0.25, 0.3) is 0 Å². The summed E-state index contributed by atoms with van der Waals surface area (Å²) in [6.07, 6.45) is 4.76. The highest BCUT2D eigenvalue weighted by Crippen LogP contribution is 2.55. The van der Waals surface area contributed by atoms with Crippen molar-refractivity contribution in [2.75, 3.05) is 19.9 Å². The maximum absolute atomic E-state index is 6.07. The Morgan fingerprint density at radius 3 is 1.93 bits per heavy atom. The summed E-state index contributed by atoms with van der Waals surface area (Å²) in [5, 5.41) is 13.0. The molecule has 9 heteroatoms. The molecule has 0 saturated carbocycles. The molecule has 5 rings (SSSR count). The second kappa shape index (κ2) is 14.3. The number of rotatable bonds is 12. The van der Waals surface area contributed by atoms with E-state index < -0.39 is 18.7 Å². The van der Waals surface area contributed by atoms with E-state index in [9.17, 15) is 0 Å². The number of aromatic nitrogens is 3. The van der Waals surface area contributed by atoms with E-state index in [4.69, 9.17) is 19.2 Å². The van der Waals surface area contributed by atoms with Crippen molar-refractivity contribution >= 4 is 23.2 Å². The Morgan fingerprint density at radius 2 is 1.40 bits per heavy atom. The van der Waals surface area contributed by atoms with E-state index in [2.05, 4.69) is 101 Å². The summed E-state index contributed by atoms with van der Waals surface area (Å²) in [5.41, 5.74) is 0.415. The molecule has 224 valence electrons. The average Bonchev–Trinajstić information content (AvgIpc) is 3.46. The highest BCUT2D eigenvalue weighted by atomic mass is 79.9. The van der Waals surface area contributed by atoms with Crippen LogP contribution in [0.25, 0.3) is 0 Å². The first kappa shape index (κ1) is 32.5. The third-order valence-electron chi connectivity index (χ3n) is 7.94. The second-order valence-electron chi connectivity index (χ2n) is 11.4. The molecule has 2 heterocycles. The van der Waals surface area contributed by atoms with Crippen molar-refractivity contribution in [1.82, 2.24) is 15.0 Å². The number of aryl methyl sites for hydroxylation is 1. The van der Waals surface area contributed by atoms with Gasteiger partial charge in [0.05, 0.1) is 31.2 Å². The van der Waals surface area contributed by atoms with Crippen LogP contribution < -0.4 is 32.9 Å². The molecule has 0 aliphatic carbocycles. The largest absolute Gasteiger partial charge is 1.00 e. The van der Waals surface area contributed by atoms with E-state index in [1.807, 2.05) is 31.6 Å². The number of ether oxygens (including phenoxy) is 2. The molecule has 1 aliphatic heterocycles. The number of nitrogens with zero attached hydrogens (tertiary/aromatic N) is 3. The van der Waals surface area contributed by atoms with Crippen LogP contribution in [-0.2, 0) is 32.4 Å². The van der Waals surface area contributed by atoms with Crippen molar-refractivity contribution in [3.63, 3.8) is 0 Å². The Balaban J connectivity index is 0.00000405. The van der Waals surface area contributed by atoms with Gasteiger partial charge in [-0.1, -0.05) is 59.8 Å². The van der Waals surface area contributed by atoms with Crippen LogP contribution >= 0.6 is 7.26 Å². The number of hydrogen-bond acceptors (Lipinski definition) is 6. The Labute approximate surface area is 260 Å². The molecule has 0 bridgehead atoms. The molecule has 7 nitrogen and oxygen atoms in total. The number of halogens is 1. The molecule has 3 aromatic carbocycles. The van der Waals surface area contributed by atoms with Crippen LogP contribution in [0.4, 0.5) is 0 Å². The van der Waals surface area contributed by atoms with Crippen LogP contribution in [0, 0.1) is 5.92 Å². The van der Waals surface area contributed by atoms with Gasteiger partial charge in [0, 0.05) is 26.0 Å². The molecule has 0 N–H and O–H groups in total. The summed E-state index contributed by atoms with van der Waals surface area (Å²) in [7, 11) is -0.234. The first-order chi connectivity index (χ1) is 19.8. The zero-order valence-electron chi connectivity index (χ0n) is 24.9. The van der Waals surface area contributed by atoms with Crippen LogP contribution in [0.2, 0.25) is 0 Å². The summed E-state index contributed by atoms with van der Waals surface area (Å²) in [6.45, 7) is 7.53. The van der Waals surface area contributed by atoms with Gasteiger partial charge in [-0.3, -0.25) is 4.68 Å². The molecular weight excluding hydrogens is 613 g/mol. The molecule has 0 spiro atoms. The minimum absolute atomic E-state index is 0. The Kier molecular flexibility index (Phi) is 11.1. The maximum atomic E-state index is 6.07. The van der Waals surface area contributed by atoms with Crippen LogP contribution in [0.3, 0.4) is 0 Å². The fourth-order valence-electron chi connectivity index (χ4n) is 5.66. The molecule has 1 fully saturated rings. The van der Waals surface area contributed by atoms with Gasteiger partial charge >= 0.3 is 0 Å². The molecule has 1 aliphatic rings. The minimum atomic E-state index is -1.86. The lowest BCUT2D eigenvalue weighted by Gasteiger charge is -2.44. The summed E-state index contributed by atoms with van der Waals surface area (Å²) in [4.78, 5) is 11.1. The van der Waals surface area contributed by atoms with E-state index in [0.717, 1.165) is 31.2 Å². The maximum Gasteiger partial charge on any atom is 0.203 e. The lowest BCUT2D eigenvalue weighted by molar-refractivity contribution is -0.495. The van der Waals surface area contributed by atoms with Crippen LogP contribution in [0.1, 0.15) is 39.3 Å². The predicted molar refractivity (Wildman–Crippen MR) is 164 cm³/mol. The highest BCUT2D eigenvalue weighted by Gasteiger charge is 2.47. The first-order valence-corrected chi connectivity index (χ1v) is 16.3. The molecule has 1 saturated heterocycles. The zero-order valence-corrected chi connectivity index (χ0v) is 27.3. The van der Waals surface area contributed by atoms with Crippen molar-refractivity contribution in [1.29, 1.82) is 0 Å². The first-order valence-electron chi connectivity index (χ1n) is 14.3. The third-order valence-corrected chi connectivity index (χ3v) is 12.5. The van der Waals surface area contributed by atoms with Gasteiger partial charge in [-0.25, -0.2) is 9.78 Å². The topological polar surface area (TPSA) is 67.6 Å². The standard InChI is InChI=1S/C33H41N3O4P.BrH/c1-32(2)23-27(33(3,37-4)40-39-32)25-38-26-28-24-36(35-34-28)21-14-22-41(29-15-8-5-9-16-29,30-17-10-6-11-18-30)31-19-12-7-13-20-31;/h5-13,15-20,24,27H,14,21-23,25-26H2,1-4H3;1H/q+1;/p-1/t27-,33-;/m0./s1. The van der Waals surface area contributed by atoms with Gasteiger partial charge in [-0.05, 0) is 63.6 Å². The molecule has 4 aromatic rings. The molecule has 1 aromatic heterocycles. The summed E-state index contributed by atoms with van der Waals surface area (Å²) < 4.78 is 13.6. The van der Waals surface area contributed by atoms with Crippen molar-refractivity contribution in [3.05, 3.63) is 103 Å². The van der Waals surface area contributed by atoms with Crippen molar-refractivity contribution in [3.8, 4) is 0 Å². The fourth-order valence-corrected chi connectivity index (χ4v) is 9.99. The van der Waals surface area contributed by atoms with Crippen molar-refractivity contribution in [2.45, 2.75) is 58.2 Å². The van der Waals surface area contributed by atoms with Gasteiger partial charge < -0.3 is 26.5 Å². The molecule has 0 amide bonds. The molecule has 42 heavy (non-hydrogen) atoms. The van der Waals surface area contributed by atoms with E-state index in [1.54, 1.807) is 7.11 Å². The second-order valence-corrected chi connectivity index (χ2v) is 15.0. The Hall–Kier alpha value is -2.45. The lowest BCUT2D eigenvalue weighted by atomic mass is 9.87. The van der Waals surface area contributed by atoms with Crippen LogP contribution in [-0.4, -0.2) is 46.3 Å². The minimum Gasteiger partial charge on any atom is -1.00 e. The SMILES string of the molecule is CO[C@@]1(C)OOC(C)(C)C[C@H]1COCc1cn(CCC[P+](c2ccccc2)(c2ccccc2)c2ccccc2)nn1.[Br-]. The quantitative estimate of drug-likeness (QED) is 0.173.